The van der Waals surface area contributed by atoms with Crippen LogP contribution in [0.5, 0.6) is 17.2 Å². The van der Waals surface area contributed by atoms with Crippen molar-refractivity contribution in [3.8, 4) is 17.2 Å². The van der Waals surface area contributed by atoms with Crippen LogP contribution < -0.4 is 14.2 Å². The van der Waals surface area contributed by atoms with Gasteiger partial charge in [0.2, 0.25) is 0 Å². The first kappa shape index (κ1) is 23.3. The SMILES string of the molecule is C=CCc1c(OC(C)C)cc(/C=C/C(=O)c2ccc(OCC)cc2)cc1OC(C)C. The quantitative estimate of drug-likeness (QED) is 0.249. The van der Waals surface area contributed by atoms with Crippen molar-refractivity contribution in [2.75, 3.05) is 6.61 Å². The van der Waals surface area contributed by atoms with Crippen LogP contribution in [0, 0.1) is 0 Å². The van der Waals surface area contributed by atoms with E-state index in [1.54, 1.807) is 36.4 Å². The molecule has 0 atom stereocenters. The van der Waals surface area contributed by atoms with E-state index in [0.717, 1.165) is 28.4 Å². The fraction of sp³-hybridized carbons (Fsp3) is 0.346. The molecule has 0 N–H and O–H groups in total. The van der Waals surface area contributed by atoms with Gasteiger partial charge in [0.25, 0.3) is 0 Å². The zero-order valence-corrected chi connectivity index (χ0v) is 18.6. The van der Waals surface area contributed by atoms with Gasteiger partial charge in [0.15, 0.2) is 5.78 Å². The van der Waals surface area contributed by atoms with E-state index in [2.05, 4.69) is 6.58 Å². The molecule has 2 aromatic carbocycles. The van der Waals surface area contributed by atoms with Gasteiger partial charge in [-0.1, -0.05) is 12.2 Å². The van der Waals surface area contributed by atoms with Crippen molar-refractivity contribution in [2.24, 2.45) is 0 Å². The first-order valence-electron chi connectivity index (χ1n) is 10.4. The van der Waals surface area contributed by atoms with Crippen LogP contribution in [-0.4, -0.2) is 24.6 Å². The Morgan fingerprint density at radius 1 is 1.00 bits per heavy atom. The van der Waals surface area contributed by atoms with Gasteiger partial charge < -0.3 is 14.2 Å². The molecule has 2 rings (SSSR count). The molecule has 160 valence electrons. The summed E-state index contributed by atoms with van der Waals surface area (Å²) in [5.41, 5.74) is 2.41. The molecular formula is C26H32O4. The maximum Gasteiger partial charge on any atom is 0.185 e. The standard InChI is InChI=1S/C26H32O4/c1-7-9-23-25(29-18(3)4)16-20(17-26(23)30-19(5)6)10-15-24(27)21-11-13-22(14-12-21)28-8-2/h7,10-19H,1,8-9H2,2-6H3/b15-10+. The summed E-state index contributed by atoms with van der Waals surface area (Å²) in [6.07, 6.45) is 5.86. The number of allylic oxidation sites excluding steroid dienone is 2. The summed E-state index contributed by atoms with van der Waals surface area (Å²) in [4.78, 5) is 12.6. The average Bonchev–Trinajstić information content (AvgIpc) is 2.68. The van der Waals surface area contributed by atoms with Crippen LogP contribution in [0.3, 0.4) is 0 Å². The Hall–Kier alpha value is -3.01. The number of benzene rings is 2. The minimum absolute atomic E-state index is 0.0187. The van der Waals surface area contributed by atoms with Crippen molar-refractivity contribution in [3.63, 3.8) is 0 Å². The van der Waals surface area contributed by atoms with Gasteiger partial charge >= 0.3 is 0 Å². The van der Waals surface area contributed by atoms with Crippen LogP contribution in [0.4, 0.5) is 0 Å². The van der Waals surface area contributed by atoms with Crippen LogP contribution in [0.2, 0.25) is 0 Å². The number of ketones is 1. The summed E-state index contributed by atoms with van der Waals surface area (Å²) in [5, 5.41) is 0. The fourth-order valence-corrected chi connectivity index (χ4v) is 2.95. The molecule has 0 heterocycles. The molecule has 0 radical (unpaired) electrons. The summed E-state index contributed by atoms with van der Waals surface area (Å²) < 4.78 is 17.5. The maximum atomic E-state index is 12.6. The van der Waals surface area contributed by atoms with Crippen molar-refractivity contribution < 1.29 is 19.0 Å². The Morgan fingerprint density at radius 2 is 1.57 bits per heavy atom. The predicted octanol–water partition coefficient (Wildman–Crippen LogP) is 6.28. The van der Waals surface area contributed by atoms with E-state index in [0.29, 0.717) is 18.6 Å². The van der Waals surface area contributed by atoms with E-state index >= 15 is 0 Å². The monoisotopic (exact) mass is 408 g/mol. The Morgan fingerprint density at radius 3 is 2.03 bits per heavy atom. The Balaban J connectivity index is 2.34. The van der Waals surface area contributed by atoms with Gasteiger partial charge in [-0.2, -0.15) is 0 Å². The van der Waals surface area contributed by atoms with E-state index in [9.17, 15) is 4.79 Å². The molecule has 0 aromatic heterocycles. The number of carbonyl (C=O) groups excluding carboxylic acids is 1. The Labute approximate surface area is 180 Å². The van der Waals surface area contributed by atoms with E-state index in [1.807, 2.05) is 52.8 Å². The van der Waals surface area contributed by atoms with Gasteiger partial charge in [-0.15, -0.1) is 6.58 Å². The number of rotatable bonds is 11. The van der Waals surface area contributed by atoms with Crippen molar-refractivity contribution in [1.82, 2.24) is 0 Å². The van der Waals surface area contributed by atoms with Gasteiger partial charge in [-0.05, 0) is 89.1 Å². The van der Waals surface area contributed by atoms with Crippen molar-refractivity contribution in [1.29, 1.82) is 0 Å². The molecular weight excluding hydrogens is 376 g/mol. The molecule has 0 bridgehead atoms. The molecule has 30 heavy (non-hydrogen) atoms. The lowest BCUT2D eigenvalue weighted by molar-refractivity contribution is 0.104. The lowest BCUT2D eigenvalue weighted by atomic mass is 10.0. The van der Waals surface area contributed by atoms with Crippen molar-refractivity contribution in [3.05, 3.63) is 71.8 Å². The molecule has 0 spiro atoms. The first-order valence-corrected chi connectivity index (χ1v) is 10.4. The number of hydrogen-bond donors (Lipinski definition) is 0. The van der Waals surface area contributed by atoms with Crippen LogP contribution in [0.1, 0.15) is 56.1 Å². The summed E-state index contributed by atoms with van der Waals surface area (Å²) in [7, 11) is 0. The Bertz CT molecular complexity index is 845. The topological polar surface area (TPSA) is 44.8 Å². The molecule has 2 aromatic rings. The second-order valence-electron chi connectivity index (χ2n) is 7.48. The minimum Gasteiger partial charge on any atom is -0.494 e. The lowest BCUT2D eigenvalue weighted by Crippen LogP contribution is -2.11. The summed E-state index contributed by atoms with van der Waals surface area (Å²) in [6, 6.07) is 11.0. The number of ether oxygens (including phenoxy) is 3. The smallest absolute Gasteiger partial charge is 0.185 e. The predicted molar refractivity (Wildman–Crippen MR) is 123 cm³/mol. The minimum atomic E-state index is -0.0779. The van der Waals surface area contributed by atoms with Gasteiger partial charge in [-0.3, -0.25) is 4.79 Å². The van der Waals surface area contributed by atoms with Crippen LogP contribution in [0.15, 0.2) is 55.1 Å². The highest BCUT2D eigenvalue weighted by Crippen LogP contribution is 2.33. The van der Waals surface area contributed by atoms with E-state index in [4.69, 9.17) is 14.2 Å². The van der Waals surface area contributed by atoms with E-state index < -0.39 is 0 Å². The van der Waals surface area contributed by atoms with Crippen LogP contribution in [-0.2, 0) is 6.42 Å². The molecule has 0 saturated heterocycles. The average molecular weight is 409 g/mol. The van der Waals surface area contributed by atoms with Gasteiger partial charge in [0.05, 0.1) is 18.8 Å². The third-order valence-corrected chi connectivity index (χ3v) is 4.14. The summed E-state index contributed by atoms with van der Waals surface area (Å²) in [6.45, 7) is 14.3. The zero-order valence-electron chi connectivity index (χ0n) is 18.6. The molecule has 0 fully saturated rings. The highest BCUT2D eigenvalue weighted by Gasteiger charge is 2.14. The molecule has 4 heteroatoms. The summed E-state index contributed by atoms with van der Waals surface area (Å²) in [5.74, 6) is 2.17. The number of carbonyl (C=O) groups is 1. The maximum absolute atomic E-state index is 12.6. The van der Waals surface area contributed by atoms with E-state index in [-0.39, 0.29) is 18.0 Å². The molecule has 0 saturated carbocycles. The molecule has 4 nitrogen and oxygen atoms in total. The molecule has 0 amide bonds. The first-order chi connectivity index (χ1) is 14.3. The zero-order chi connectivity index (χ0) is 22.1. The summed E-state index contributed by atoms with van der Waals surface area (Å²) >= 11 is 0. The van der Waals surface area contributed by atoms with E-state index in [1.165, 1.54) is 0 Å². The van der Waals surface area contributed by atoms with Crippen LogP contribution >= 0.6 is 0 Å². The second kappa shape index (κ2) is 11.2. The highest BCUT2D eigenvalue weighted by molar-refractivity contribution is 6.06. The normalized spacial score (nSPS) is 11.2. The Kier molecular flexibility index (Phi) is 8.72. The molecule has 0 unspecified atom stereocenters. The third-order valence-electron chi connectivity index (χ3n) is 4.14. The van der Waals surface area contributed by atoms with Gasteiger partial charge in [-0.25, -0.2) is 0 Å². The van der Waals surface area contributed by atoms with Crippen LogP contribution in [0.25, 0.3) is 6.08 Å². The fourth-order valence-electron chi connectivity index (χ4n) is 2.95. The number of hydrogen-bond acceptors (Lipinski definition) is 4. The second-order valence-corrected chi connectivity index (χ2v) is 7.48. The highest BCUT2D eigenvalue weighted by atomic mass is 16.5. The molecule has 0 aliphatic heterocycles. The van der Waals surface area contributed by atoms with Crippen molar-refractivity contribution >= 4 is 11.9 Å². The van der Waals surface area contributed by atoms with Gasteiger partial charge in [0.1, 0.15) is 17.2 Å². The van der Waals surface area contributed by atoms with Crippen molar-refractivity contribution in [2.45, 2.75) is 53.2 Å². The third kappa shape index (κ3) is 6.80. The van der Waals surface area contributed by atoms with Gasteiger partial charge in [0, 0.05) is 11.1 Å². The lowest BCUT2D eigenvalue weighted by Gasteiger charge is -2.20. The molecule has 0 aliphatic rings. The molecule has 0 aliphatic carbocycles. The largest absolute Gasteiger partial charge is 0.494 e.